The molecule has 0 saturated carbocycles. The summed E-state index contributed by atoms with van der Waals surface area (Å²) in [6.45, 7) is 4.12. The van der Waals surface area contributed by atoms with Crippen LogP contribution in [0, 0.1) is 46.1 Å². The number of ether oxygens (including phenoxy) is 4. The molecule has 0 fully saturated rings. The van der Waals surface area contributed by atoms with E-state index in [-0.39, 0.29) is 0 Å². The van der Waals surface area contributed by atoms with Crippen molar-refractivity contribution in [1.29, 1.82) is 21.0 Å². The molecule has 0 aliphatic heterocycles. The summed E-state index contributed by atoms with van der Waals surface area (Å²) >= 11 is 0. The van der Waals surface area contributed by atoms with Crippen LogP contribution in [0.2, 0.25) is 0 Å². The third kappa shape index (κ3) is 4.81. The van der Waals surface area contributed by atoms with Gasteiger partial charge < -0.3 is 18.9 Å². The number of para-hydroxylation sites is 4. The molecular formula is C40H28N4O4. The Morgan fingerprint density at radius 3 is 1.10 bits per heavy atom. The Morgan fingerprint density at radius 2 is 0.750 bits per heavy atom. The Bertz CT molecular complexity index is 2040. The molecule has 0 bridgehead atoms. The Hall–Kier alpha value is -6.74. The SMILES string of the molecule is CC(CC1(C(C)(c2ccccc2OC#N)c2ccccc2OC#N)c2ccccc21)(c1ccccc1OC#N)c1ccccc1OC#N. The van der Waals surface area contributed by atoms with Crippen LogP contribution in [-0.4, -0.2) is 0 Å². The van der Waals surface area contributed by atoms with Crippen LogP contribution in [0.25, 0.3) is 0 Å². The Kier molecular flexibility index (Phi) is 8.18. The number of hydrogen-bond donors (Lipinski definition) is 0. The van der Waals surface area contributed by atoms with Crippen molar-refractivity contribution in [3.63, 3.8) is 0 Å². The third-order valence-electron chi connectivity index (χ3n) is 9.69. The maximum Gasteiger partial charge on any atom is 0.292 e. The summed E-state index contributed by atoms with van der Waals surface area (Å²) in [6.07, 6.45) is 7.71. The van der Waals surface area contributed by atoms with Crippen LogP contribution in [0.5, 0.6) is 23.0 Å². The van der Waals surface area contributed by atoms with Crippen LogP contribution in [0.15, 0.2) is 121 Å². The first-order chi connectivity index (χ1) is 23.4. The highest BCUT2D eigenvalue weighted by molar-refractivity contribution is 5.72. The molecule has 0 amide bonds. The van der Waals surface area contributed by atoms with E-state index < -0.39 is 16.2 Å². The van der Waals surface area contributed by atoms with Gasteiger partial charge in [-0.25, -0.2) is 0 Å². The normalized spacial score (nSPS) is 12.5. The van der Waals surface area contributed by atoms with Crippen molar-refractivity contribution >= 4 is 0 Å². The highest BCUT2D eigenvalue weighted by Gasteiger charge is 2.66. The number of benzene rings is 5. The minimum atomic E-state index is -1.03. The molecule has 0 unspecified atom stereocenters. The van der Waals surface area contributed by atoms with Crippen LogP contribution in [0.4, 0.5) is 0 Å². The fourth-order valence-electron chi connectivity index (χ4n) is 7.66. The second-order valence-corrected chi connectivity index (χ2v) is 11.8. The molecule has 0 saturated heterocycles. The minimum absolute atomic E-state index is 0.356. The fraction of sp³-hybridized carbons (Fsp3) is 0.150. The zero-order chi connectivity index (χ0) is 33.8. The molecule has 0 spiro atoms. The van der Waals surface area contributed by atoms with Crippen molar-refractivity contribution < 1.29 is 18.9 Å². The fourth-order valence-corrected chi connectivity index (χ4v) is 7.66. The summed E-state index contributed by atoms with van der Waals surface area (Å²) in [5, 5.41) is 38.8. The Labute approximate surface area is 278 Å². The van der Waals surface area contributed by atoms with E-state index in [1.165, 1.54) is 0 Å². The largest absolute Gasteiger partial charge is 0.388 e. The average Bonchev–Trinajstić information content (AvgIpc) is 3.77. The lowest BCUT2D eigenvalue weighted by molar-refractivity contribution is 0.297. The van der Waals surface area contributed by atoms with Crippen molar-refractivity contribution in [2.24, 2.45) is 0 Å². The number of nitriles is 4. The Morgan fingerprint density at radius 1 is 0.458 bits per heavy atom. The van der Waals surface area contributed by atoms with Gasteiger partial charge in [-0.3, -0.25) is 0 Å². The molecular weight excluding hydrogens is 600 g/mol. The van der Waals surface area contributed by atoms with Crippen molar-refractivity contribution in [3.05, 3.63) is 155 Å². The summed E-state index contributed by atoms with van der Waals surface area (Å²) < 4.78 is 22.4. The van der Waals surface area contributed by atoms with Crippen LogP contribution in [-0.2, 0) is 16.2 Å². The molecule has 0 aromatic heterocycles. The molecule has 0 N–H and O–H groups in total. The first-order valence-corrected chi connectivity index (χ1v) is 15.1. The lowest BCUT2D eigenvalue weighted by atomic mass is 9.56. The van der Waals surface area contributed by atoms with E-state index in [1.807, 2.05) is 92.6 Å². The summed E-state index contributed by atoms with van der Waals surface area (Å²) in [5.74, 6) is 1.43. The number of rotatable bonds is 11. The zero-order valence-corrected chi connectivity index (χ0v) is 26.2. The van der Waals surface area contributed by atoms with Crippen LogP contribution >= 0.6 is 0 Å². The first kappa shape index (κ1) is 31.3. The number of nitrogens with zero attached hydrogens (tertiary/aromatic N) is 4. The van der Waals surface area contributed by atoms with E-state index in [0.717, 1.165) is 11.1 Å². The standard InChI is InChI=1S/C40H28N4O4/c1-38(30-15-5-9-19-34(30)45-24-41,31-16-6-10-20-35(31)46-25-42)23-40(28-13-3-4-14-29(28)40)39(2,32-17-7-11-21-36(32)47-26-43)33-18-8-12-22-37(33)48-27-44/h3-22H,23H2,1-2H3. The zero-order valence-electron chi connectivity index (χ0n) is 26.2. The topological polar surface area (TPSA) is 132 Å². The third-order valence-corrected chi connectivity index (χ3v) is 9.69. The van der Waals surface area contributed by atoms with Gasteiger partial charge in [0.15, 0.2) is 0 Å². The summed E-state index contributed by atoms with van der Waals surface area (Å²) in [7, 11) is 0. The maximum atomic E-state index is 9.74. The molecule has 1 aliphatic carbocycles. The predicted octanol–water partition coefficient (Wildman–Crippen LogP) is 8.13. The molecule has 1 aliphatic rings. The highest BCUT2D eigenvalue weighted by Crippen LogP contribution is 2.70. The van der Waals surface area contributed by atoms with Crippen molar-refractivity contribution in [1.82, 2.24) is 0 Å². The molecule has 0 radical (unpaired) electrons. The van der Waals surface area contributed by atoms with E-state index in [2.05, 4.69) is 19.1 Å². The predicted molar refractivity (Wildman–Crippen MR) is 175 cm³/mol. The molecule has 8 nitrogen and oxygen atoms in total. The van der Waals surface area contributed by atoms with E-state index in [9.17, 15) is 21.0 Å². The van der Waals surface area contributed by atoms with Gasteiger partial charge in [-0.15, -0.1) is 21.0 Å². The highest BCUT2D eigenvalue weighted by atomic mass is 16.5. The molecule has 6 rings (SSSR count). The molecule has 5 aromatic carbocycles. The van der Waals surface area contributed by atoms with Gasteiger partial charge in [0.05, 0.1) is 0 Å². The summed E-state index contributed by atoms with van der Waals surface area (Å²) in [5.41, 5.74) is 2.01. The molecule has 0 atom stereocenters. The van der Waals surface area contributed by atoms with Crippen molar-refractivity contribution in [2.75, 3.05) is 0 Å². The van der Waals surface area contributed by atoms with Crippen LogP contribution in [0.3, 0.4) is 0 Å². The summed E-state index contributed by atoms with van der Waals surface area (Å²) in [6, 6.07) is 37.5. The molecule has 232 valence electrons. The van der Waals surface area contributed by atoms with Gasteiger partial charge in [-0.05, 0) is 48.7 Å². The first-order valence-electron chi connectivity index (χ1n) is 15.1. The monoisotopic (exact) mass is 628 g/mol. The average molecular weight is 629 g/mol. The van der Waals surface area contributed by atoms with E-state index in [1.54, 1.807) is 48.5 Å². The van der Waals surface area contributed by atoms with E-state index >= 15 is 0 Å². The van der Waals surface area contributed by atoms with Crippen molar-refractivity contribution in [3.8, 4) is 48.0 Å². The molecule has 5 aromatic rings. The van der Waals surface area contributed by atoms with E-state index in [0.29, 0.717) is 51.7 Å². The van der Waals surface area contributed by atoms with Crippen LogP contribution < -0.4 is 18.9 Å². The number of fused-ring (bicyclic) bond motifs is 1. The molecule has 0 heterocycles. The quantitative estimate of drug-likeness (QED) is 0.134. The molecule has 8 heteroatoms. The lowest BCUT2D eigenvalue weighted by Gasteiger charge is -2.46. The van der Waals surface area contributed by atoms with Gasteiger partial charge in [0.2, 0.25) is 0 Å². The second kappa shape index (κ2) is 12.6. The Balaban J connectivity index is 1.73. The minimum Gasteiger partial charge on any atom is -0.388 e. The van der Waals surface area contributed by atoms with Gasteiger partial charge >= 0.3 is 0 Å². The van der Waals surface area contributed by atoms with Gasteiger partial charge in [0.25, 0.3) is 25.0 Å². The van der Waals surface area contributed by atoms with Crippen molar-refractivity contribution in [2.45, 2.75) is 36.5 Å². The molecule has 48 heavy (non-hydrogen) atoms. The second-order valence-electron chi connectivity index (χ2n) is 11.8. The van der Waals surface area contributed by atoms with Gasteiger partial charge in [-0.1, -0.05) is 104 Å². The van der Waals surface area contributed by atoms with E-state index in [4.69, 9.17) is 18.9 Å². The smallest absolute Gasteiger partial charge is 0.292 e. The lowest BCUT2D eigenvalue weighted by Crippen LogP contribution is -2.44. The summed E-state index contributed by atoms with van der Waals surface area (Å²) in [4.78, 5) is 0. The van der Waals surface area contributed by atoms with Gasteiger partial charge in [0, 0.05) is 38.5 Å². The number of hydrogen-bond acceptors (Lipinski definition) is 8. The maximum absolute atomic E-state index is 9.74. The van der Waals surface area contributed by atoms with Crippen LogP contribution in [0.1, 0.15) is 53.6 Å². The van der Waals surface area contributed by atoms with Gasteiger partial charge in [-0.2, -0.15) is 0 Å². The van der Waals surface area contributed by atoms with Gasteiger partial charge in [0.1, 0.15) is 23.0 Å².